The van der Waals surface area contributed by atoms with Gasteiger partial charge in [0.25, 0.3) is 17.7 Å². The van der Waals surface area contributed by atoms with Crippen LogP contribution in [0.3, 0.4) is 0 Å². The molecule has 1 aromatic heterocycles. The number of nitrogens with one attached hydrogen (secondary N) is 5. The fraction of sp³-hybridized carbons (Fsp3) is 0.489. The number of hydrogen-bond acceptors (Lipinski definition) is 13. The number of piperidine rings is 1. The molecule has 3 aliphatic heterocycles. The van der Waals surface area contributed by atoms with Crippen LogP contribution >= 0.6 is 23.1 Å². The van der Waals surface area contributed by atoms with Gasteiger partial charge in [-0.2, -0.15) is 11.8 Å². The van der Waals surface area contributed by atoms with Crippen molar-refractivity contribution >= 4 is 76.0 Å². The number of benzene rings is 2. The number of carbonyl (C=O) groups is 8. The molecule has 4 unspecified atom stereocenters. The molecule has 4 heterocycles. The molecule has 20 heteroatoms. The van der Waals surface area contributed by atoms with Gasteiger partial charge in [-0.25, -0.2) is 9.37 Å². The average Bonchev–Trinajstić information content (AvgIpc) is 3.55. The summed E-state index contributed by atoms with van der Waals surface area (Å²) in [7, 11) is 0. The van der Waals surface area contributed by atoms with Crippen LogP contribution in [0.5, 0.6) is 0 Å². The number of aromatic nitrogens is 1. The lowest BCUT2D eigenvalue weighted by Gasteiger charge is -2.37. The summed E-state index contributed by atoms with van der Waals surface area (Å²) in [6.45, 7) is 5.94. The summed E-state index contributed by atoms with van der Waals surface area (Å²) in [6, 6.07) is 9.11. The minimum absolute atomic E-state index is 0.000706. The molecule has 4 aliphatic rings. The van der Waals surface area contributed by atoms with Crippen molar-refractivity contribution in [2.45, 2.75) is 113 Å². The first-order valence-corrected chi connectivity index (χ1v) is 23.6. The number of thiazole rings is 1. The van der Waals surface area contributed by atoms with Gasteiger partial charge in [-0.15, -0.1) is 11.3 Å². The molecular weight excluding hydrogens is 880 g/mol. The number of carbonyl (C=O) groups excluding carboxylic acids is 8. The van der Waals surface area contributed by atoms with E-state index < -0.39 is 76.0 Å². The van der Waals surface area contributed by atoms with Gasteiger partial charge in [0.2, 0.25) is 29.5 Å². The van der Waals surface area contributed by atoms with Crippen LogP contribution < -0.4 is 26.6 Å². The average molecular weight is 933 g/mol. The smallest absolute Gasteiger partial charge is 0.264 e. The maximum Gasteiger partial charge on any atom is 0.264 e. The topological polar surface area (TPSA) is 236 Å². The van der Waals surface area contributed by atoms with Crippen molar-refractivity contribution in [1.82, 2.24) is 36.1 Å². The van der Waals surface area contributed by atoms with Crippen molar-refractivity contribution < 1.29 is 47.9 Å². The van der Waals surface area contributed by atoms with Crippen LogP contribution in [0.2, 0.25) is 0 Å². The monoisotopic (exact) mass is 932 g/mol. The molecule has 3 aromatic rings. The molecule has 65 heavy (non-hydrogen) atoms. The molecular formula is C45H53FN8O9S2. The Kier molecular flexibility index (Phi) is 14.4. The molecule has 1 aliphatic carbocycles. The van der Waals surface area contributed by atoms with Crippen LogP contribution in [0, 0.1) is 6.92 Å². The number of β-amino-alcohol motifs (C(OH)–C–C–N with tert-alkyl or cyclic N) is 1. The Morgan fingerprint density at radius 2 is 1.78 bits per heavy atom. The number of unbranched alkanes of at least 4 members (excludes halogenated alkanes) is 1. The summed E-state index contributed by atoms with van der Waals surface area (Å²) in [6.07, 6.45) is 0.417. The molecule has 0 spiro atoms. The number of anilines is 1. The third-order valence-corrected chi connectivity index (χ3v) is 14.6. The Hall–Kier alpha value is -5.73. The van der Waals surface area contributed by atoms with Gasteiger partial charge in [-0.05, 0) is 81.9 Å². The summed E-state index contributed by atoms with van der Waals surface area (Å²) in [4.78, 5) is 112. The molecule has 0 radical (unpaired) electrons. The van der Waals surface area contributed by atoms with Gasteiger partial charge >= 0.3 is 0 Å². The van der Waals surface area contributed by atoms with E-state index in [0.29, 0.717) is 24.3 Å². The van der Waals surface area contributed by atoms with Crippen LogP contribution in [0.15, 0.2) is 48.0 Å². The second kappa shape index (κ2) is 19.8. The zero-order valence-corrected chi connectivity index (χ0v) is 38.0. The fourth-order valence-corrected chi connectivity index (χ4v) is 10.2. The molecule has 1 saturated carbocycles. The predicted octanol–water partition coefficient (Wildman–Crippen LogP) is 3.00. The lowest BCUT2D eigenvalue weighted by Crippen LogP contribution is -2.61. The van der Waals surface area contributed by atoms with E-state index in [2.05, 4.69) is 31.6 Å². The first kappa shape index (κ1) is 47.2. The number of amides is 8. The van der Waals surface area contributed by atoms with Crippen molar-refractivity contribution in [3.8, 4) is 10.4 Å². The second-order valence-corrected chi connectivity index (χ2v) is 19.9. The van der Waals surface area contributed by atoms with Crippen LogP contribution in [0.1, 0.15) is 97.2 Å². The number of aliphatic hydroxyl groups excluding tert-OH is 1. The number of imide groups is 2. The first-order valence-electron chi connectivity index (χ1n) is 21.7. The van der Waals surface area contributed by atoms with Gasteiger partial charge in [-0.1, -0.05) is 30.3 Å². The Balaban J connectivity index is 0.876. The standard InChI is InChI=1S/C45H53FN8O9S2/c1-25-36(64-24-50-25)27-12-10-26(11-13-27)22-49-38(58)32-21-28(55)23-53(32)42(62)37(52-43(63)45(46)16-17-45)44(2,3)65-20-5-4-9-33(56)48-19-18-47-30-8-6-7-29-35(30)41(61)54(40(29)60)31-14-15-34(57)51-39(31)59/h6-8,10-13,24,28,31-32,37,47,55H,4-5,9,14-23H2,1-3H3,(H,48,56)(H,49,58)(H,52,63)(H,51,57,59). The zero-order chi connectivity index (χ0) is 46.6. The number of likely N-dealkylation sites (tertiary alicyclic amines) is 1. The molecule has 8 amide bonds. The largest absolute Gasteiger partial charge is 0.391 e. The Morgan fingerprint density at radius 1 is 1.03 bits per heavy atom. The van der Waals surface area contributed by atoms with E-state index >= 15 is 4.39 Å². The van der Waals surface area contributed by atoms with Crippen molar-refractivity contribution in [3.05, 3.63) is 70.4 Å². The van der Waals surface area contributed by atoms with Gasteiger partial charge in [0.05, 0.1) is 33.3 Å². The molecule has 2 saturated heterocycles. The summed E-state index contributed by atoms with van der Waals surface area (Å²) < 4.78 is 14.0. The fourth-order valence-electron chi connectivity index (χ4n) is 8.22. The maximum atomic E-state index is 15.0. The number of nitrogens with zero attached hydrogens (tertiary/aromatic N) is 3. The van der Waals surface area contributed by atoms with Crippen molar-refractivity contribution in [1.29, 1.82) is 0 Å². The second-order valence-electron chi connectivity index (χ2n) is 17.3. The van der Waals surface area contributed by atoms with Gasteiger partial charge < -0.3 is 31.3 Å². The number of aryl methyl sites for hydroxylation is 1. The van der Waals surface area contributed by atoms with Crippen molar-refractivity contribution in [2.75, 3.05) is 30.7 Å². The molecule has 6 N–H and O–H groups in total. The van der Waals surface area contributed by atoms with E-state index in [-0.39, 0.29) is 81.7 Å². The van der Waals surface area contributed by atoms with Crippen LogP contribution in [0.25, 0.3) is 10.4 Å². The Labute approximate surface area is 383 Å². The Bertz CT molecular complexity index is 2370. The number of aliphatic hydroxyl groups is 1. The van der Waals surface area contributed by atoms with Crippen molar-refractivity contribution in [3.63, 3.8) is 0 Å². The van der Waals surface area contributed by atoms with E-state index in [4.69, 9.17) is 0 Å². The number of fused-ring (bicyclic) bond motifs is 1. The highest BCUT2D eigenvalue weighted by Crippen LogP contribution is 2.41. The molecule has 3 fully saturated rings. The number of halogens is 1. The predicted molar refractivity (Wildman–Crippen MR) is 240 cm³/mol. The summed E-state index contributed by atoms with van der Waals surface area (Å²) >= 11 is 2.91. The number of thioether (sulfide) groups is 1. The minimum Gasteiger partial charge on any atom is -0.391 e. The highest BCUT2D eigenvalue weighted by atomic mass is 32.2. The van der Waals surface area contributed by atoms with Crippen molar-refractivity contribution in [2.24, 2.45) is 0 Å². The minimum atomic E-state index is -2.06. The van der Waals surface area contributed by atoms with E-state index in [1.807, 2.05) is 31.2 Å². The van der Waals surface area contributed by atoms with Gasteiger partial charge in [0.1, 0.15) is 18.1 Å². The quantitative estimate of drug-likeness (QED) is 0.0752. The molecule has 0 bridgehead atoms. The summed E-state index contributed by atoms with van der Waals surface area (Å²) in [5.41, 5.74) is 3.13. The zero-order valence-electron chi connectivity index (χ0n) is 36.4. The van der Waals surface area contributed by atoms with E-state index in [9.17, 15) is 43.5 Å². The molecule has 4 atom stereocenters. The lowest BCUT2D eigenvalue weighted by molar-refractivity contribution is -0.143. The summed E-state index contributed by atoms with van der Waals surface area (Å²) in [5.74, 6) is -4.10. The Morgan fingerprint density at radius 3 is 2.48 bits per heavy atom. The van der Waals surface area contributed by atoms with Crippen LogP contribution in [0.4, 0.5) is 10.1 Å². The van der Waals surface area contributed by atoms with Gasteiger partial charge in [0.15, 0.2) is 5.67 Å². The maximum absolute atomic E-state index is 15.0. The third-order valence-electron chi connectivity index (χ3n) is 12.1. The molecule has 17 nitrogen and oxygen atoms in total. The lowest BCUT2D eigenvalue weighted by atomic mass is 10.00. The first-order chi connectivity index (χ1) is 31.0. The number of hydrogen-bond donors (Lipinski definition) is 6. The highest BCUT2D eigenvalue weighted by Gasteiger charge is 2.54. The highest BCUT2D eigenvalue weighted by molar-refractivity contribution is 8.00. The van der Waals surface area contributed by atoms with E-state index in [1.54, 1.807) is 42.8 Å². The number of alkyl halides is 1. The van der Waals surface area contributed by atoms with E-state index in [1.165, 1.54) is 22.7 Å². The molecule has 346 valence electrons. The third kappa shape index (κ3) is 10.7. The van der Waals surface area contributed by atoms with Gasteiger partial charge in [0, 0.05) is 55.9 Å². The SMILES string of the molecule is Cc1ncsc1-c1ccc(CNC(=O)C2CC(O)CN2C(=O)C(NC(=O)C2(F)CC2)C(C)(C)SCCCCC(=O)NCCNc2cccc3c2C(=O)N(C2CCC(=O)NC2=O)C3=O)cc1. The van der Waals surface area contributed by atoms with Crippen LogP contribution in [-0.4, -0.2) is 127 Å². The normalized spacial score (nSPS) is 20.5. The summed E-state index contributed by atoms with van der Waals surface area (Å²) in [5, 5.41) is 24.3. The molecule has 7 rings (SSSR count). The molecule has 2 aromatic carbocycles. The number of rotatable bonds is 19. The van der Waals surface area contributed by atoms with E-state index in [0.717, 1.165) is 26.6 Å². The van der Waals surface area contributed by atoms with Crippen LogP contribution in [-0.2, 0) is 35.3 Å². The van der Waals surface area contributed by atoms with Gasteiger partial charge in [-0.3, -0.25) is 48.6 Å².